The van der Waals surface area contributed by atoms with Gasteiger partial charge in [0.15, 0.2) is 0 Å². The second-order valence-corrected chi connectivity index (χ2v) is 29.2. The van der Waals surface area contributed by atoms with Gasteiger partial charge in [0.05, 0.1) is 55.2 Å². The van der Waals surface area contributed by atoms with E-state index >= 15 is 0 Å². The summed E-state index contributed by atoms with van der Waals surface area (Å²) in [6, 6.07) is 150. The Balaban J connectivity index is 0.000000138. The van der Waals surface area contributed by atoms with E-state index in [1.165, 1.54) is 159 Å². The summed E-state index contributed by atoms with van der Waals surface area (Å²) >= 11 is 0. The van der Waals surface area contributed by atoms with Gasteiger partial charge in [0, 0.05) is 100 Å². The SMILES string of the molecule is c1ccc(-c2cc(-n3c4ccc(-c5ccccc5)cc4c4cc(-c5ccccc5)ccc43)cc(-n3c4ccccc4c4c5ccn(-c6ccccc6)c5ccc43)c2)cc1.c1ccc(-c2ccc3c(c2)c2cc(-c4ccccc4)ccc2n3-c2cccc(-n3c4ccccc4c4c5ccn(-c6ccccc6)c5ccc43)c2)cc1. The summed E-state index contributed by atoms with van der Waals surface area (Å²) in [6.45, 7) is 0. The van der Waals surface area contributed by atoms with Gasteiger partial charge in [-0.1, -0.05) is 255 Å². The Hall–Kier alpha value is -15.0. The monoisotopic (exact) mass is 1430 g/mol. The Labute approximate surface area is 646 Å². The van der Waals surface area contributed by atoms with Crippen LogP contribution in [0.3, 0.4) is 0 Å². The third-order valence-corrected chi connectivity index (χ3v) is 22.9. The fourth-order valence-corrected chi connectivity index (χ4v) is 17.8. The van der Waals surface area contributed by atoms with Crippen molar-refractivity contribution in [2.45, 2.75) is 0 Å². The van der Waals surface area contributed by atoms with Gasteiger partial charge in [-0.3, -0.25) is 0 Å². The van der Waals surface area contributed by atoms with Crippen LogP contribution in [-0.4, -0.2) is 27.4 Å². The third kappa shape index (κ3) is 10.6. The Kier molecular flexibility index (Phi) is 15.2. The maximum atomic E-state index is 2.47. The minimum Gasteiger partial charge on any atom is -0.317 e. The minimum absolute atomic E-state index is 1.11. The Bertz CT molecular complexity index is 7380. The van der Waals surface area contributed by atoms with Crippen LogP contribution in [0.5, 0.6) is 0 Å². The highest BCUT2D eigenvalue weighted by Crippen LogP contribution is 2.45. The van der Waals surface area contributed by atoms with Crippen LogP contribution < -0.4 is 0 Å². The number of hydrogen-bond donors (Lipinski definition) is 0. The van der Waals surface area contributed by atoms with E-state index in [9.17, 15) is 0 Å². The predicted octanol–water partition coefficient (Wildman–Crippen LogP) is 28.0. The second-order valence-electron chi connectivity index (χ2n) is 29.2. The maximum absolute atomic E-state index is 2.47. The van der Waals surface area contributed by atoms with E-state index in [1.807, 2.05) is 0 Å². The first-order valence-electron chi connectivity index (χ1n) is 38.4. The first-order valence-corrected chi connectivity index (χ1v) is 38.4. The van der Waals surface area contributed by atoms with Crippen molar-refractivity contribution in [3.05, 3.63) is 425 Å². The van der Waals surface area contributed by atoms with Crippen molar-refractivity contribution in [1.82, 2.24) is 27.4 Å². The number of nitrogens with zero attached hydrogens (tertiary/aromatic N) is 6. The molecule has 0 N–H and O–H groups in total. The Morgan fingerprint density at radius 1 is 0.125 bits per heavy atom. The van der Waals surface area contributed by atoms with Crippen molar-refractivity contribution < 1.29 is 0 Å². The number of aromatic nitrogens is 6. The van der Waals surface area contributed by atoms with Crippen molar-refractivity contribution >= 4 is 109 Å². The van der Waals surface area contributed by atoms with Gasteiger partial charge < -0.3 is 27.4 Å². The standard InChI is InChI=1S/C56H37N3.C50H33N3/c1-5-15-38(16-6-1)41-25-27-53-49(35-41)50-36-42(39-17-7-2-8-18-39)26-28-54(50)58(53)45-33-43(40-19-9-3-10-20-40)34-46(37-45)59-52-24-14-13-23-47(52)56-48-31-32-57(44-21-11-4-12-22-44)51(48)29-30-55(56)59;1-4-13-34(14-5-1)36-23-25-47-43(31-36)44-32-37(35-15-6-2-7-16-35)24-26-48(44)52(47)39-19-12-20-40(33-39)53-46-22-11-10-21-41(46)50-42-29-30-51(38-17-8-3-9-18-38)45(42)27-28-49(50)53/h1-37H;1-33H. The smallest absolute Gasteiger partial charge is 0.0548 e. The molecular formula is C106H70N6. The van der Waals surface area contributed by atoms with Gasteiger partial charge in [0.25, 0.3) is 0 Å². The van der Waals surface area contributed by atoms with Gasteiger partial charge >= 0.3 is 0 Å². The second kappa shape index (κ2) is 26.5. The lowest BCUT2D eigenvalue weighted by molar-refractivity contribution is 1.12. The molecule has 0 bridgehead atoms. The molecular weight excluding hydrogens is 1360 g/mol. The number of para-hydroxylation sites is 4. The van der Waals surface area contributed by atoms with Crippen LogP contribution in [0.2, 0.25) is 0 Å². The zero-order valence-electron chi connectivity index (χ0n) is 61.1. The van der Waals surface area contributed by atoms with Crippen LogP contribution in [0.1, 0.15) is 0 Å². The van der Waals surface area contributed by atoms with Gasteiger partial charge in [0.1, 0.15) is 0 Å². The molecule has 0 aliphatic rings. The average molecular weight is 1430 g/mol. The molecule has 0 saturated carbocycles. The largest absolute Gasteiger partial charge is 0.317 e. The van der Waals surface area contributed by atoms with Crippen LogP contribution in [0, 0.1) is 0 Å². The minimum atomic E-state index is 1.11. The quantitative estimate of drug-likeness (QED) is 0.124. The Morgan fingerprint density at radius 3 is 0.741 bits per heavy atom. The summed E-state index contributed by atoms with van der Waals surface area (Å²) in [5.41, 5.74) is 30.7. The molecule has 23 aromatic rings. The summed E-state index contributed by atoms with van der Waals surface area (Å²) in [7, 11) is 0. The van der Waals surface area contributed by atoms with E-state index in [4.69, 9.17) is 0 Å². The third-order valence-electron chi connectivity index (χ3n) is 22.9. The molecule has 6 heteroatoms. The summed E-state index contributed by atoms with van der Waals surface area (Å²) in [5.74, 6) is 0. The zero-order valence-corrected chi connectivity index (χ0v) is 61.1. The van der Waals surface area contributed by atoms with Crippen molar-refractivity contribution in [1.29, 1.82) is 0 Å². The molecule has 0 spiro atoms. The van der Waals surface area contributed by atoms with Crippen molar-refractivity contribution in [2.24, 2.45) is 0 Å². The topological polar surface area (TPSA) is 29.6 Å². The Morgan fingerprint density at radius 2 is 0.375 bits per heavy atom. The lowest BCUT2D eigenvalue weighted by atomic mass is 10.0. The average Bonchev–Trinajstić information content (AvgIpc) is 1.57. The van der Waals surface area contributed by atoms with Gasteiger partial charge in [-0.15, -0.1) is 0 Å². The number of benzene rings is 17. The molecule has 0 fully saturated rings. The molecule has 6 nitrogen and oxygen atoms in total. The fourth-order valence-electron chi connectivity index (χ4n) is 17.8. The fraction of sp³-hybridized carbons (Fsp3) is 0. The zero-order chi connectivity index (χ0) is 73.7. The number of fused-ring (bicyclic) bond motifs is 16. The van der Waals surface area contributed by atoms with Crippen molar-refractivity contribution in [3.63, 3.8) is 0 Å². The molecule has 0 aliphatic heterocycles. The van der Waals surface area contributed by atoms with Crippen LogP contribution in [0.4, 0.5) is 0 Å². The van der Waals surface area contributed by atoms with E-state index < -0.39 is 0 Å². The number of rotatable bonds is 11. The van der Waals surface area contributed by atoms with E-state index in [2.05, 4.69) is 452 Å². The van der Waals surface area contributed by atoms with E-state index in [0.717, 1.165) is 39.7 Å². The molecule has 0 amide bonds. The molecule has 6 aromatic heterocycles. The molecule has 6 heterocycles. The van der Waals surface area contributed by atoms with Crippen molar-refractivity contribution in [3.8, 4) is 89.8 Å². The highest BCUT2D eigenvalue weighted by Gasteiger charge is 2.24. The highest BCUT2D eigenvalue weighted by molar-refractivity contribution is 6.23. The molecule has 0 saturated heterocycles. The molecule has 17 aromatic carbocycles. The lowest BCUT2D eigenvalue weighted by Crippen LogP contribution is -2.00. The number of hydrogen-bond acceptors (Lipinski definition) is 0. The summed E-state index contributed by atoms with van der Waals surface area (Å²) < 4.78 is 14.4. The van der Waals surface area contributed by atoms with E-state index in [-0.39, 0.29) is 0 Å². The molecule has 0 aliphatic carbocycles. The van der Waals surface area contributed by atoms with E-state index in [0.29, 0.717) is 0 Å². The predicted molar refractivity (Wildman–Crippen MR) is 471 cm³/mol. The molecule has 0 unspecified atom stereocenters. The molecule has 524 valence electrons. The molecule has 0 atom stereocenters. The van der Waals surface area contributed by atoms with Gasteiger partial charge in [-0.2, -0.15) is 0 Å². The summed E-state index contributed by atoms with van der Waals surface area (Å²) in [4.78, 5) is 0. The van der Waals surface area contributed by atoms with Gasteiger partial charge in [0.2, 0.25) is 0 Å². The first-order chi connectivity index (χ1) is 55.6. The molecule has 112 heavy (non-hydrogen) atoms. The lowest BCUT2D eigenvalue weighted by Gasteiger charge is -2.16. The van der Waals surface area contributed by atoms with Crippen molar-refractivity contribution in [2.75, 3.05) is 0 Å². The van der Waals surface area contributed by atoms with Crippen LogP contribution in [0.15, 0.2) is 425 Å². The highest BCUT2D eigenvalue weighted by atomic mass is 15.0. The molecule has 0 radical (unpaired) electrons. The van der Waals surface area contributed by atoms with Gasteiger partial charge in [-0.25, -0.2) is 0 Å². The van der Waals surface area contributed by atoms with Crippen LogP contribution >= 0.6 is 0 Å². The van der Waals surface area contributed by atoms with Crippen LogP contribution in [0.25, 0.3) is 199 Å². The molecule has 23 rings (SSSR count). The summed E-state index contributed by atoms with van der Waals surface area (Å²) in [5, 5.41) is 12.5. The van der Waals surface area contributed by atoms with E-state index in [1.54, 1.807) is 0 Å². The van der Waals surface area contributed by atoms with Gasteiger partial charge in [-0.05, 0) is 213 Å². The summed E-state index contributed by atoms with van der Waals surface area (Å²) in [6.07, 6.45) is 4.40. The first kappa shape index (κ1) is 64.2. The maximum Gasteiger partial charge on any atom is 0.0548 e. The normalized spacial score (nSPS) is 11.8. The van der Waals surface area contributed by atoms with Crippen LogP contribution in [-0.2, 0) is 0 Å².